The van der Waals surface area contributed by atoms with Crippen LogP contribution in [0.4, 0.5) is 24.5 Å². The Bertz CT molecular complexity index is 983. The maximum Gasteiger partial charge on any atom is 0.416 e. The summed E-state index contributed by atoms with van der Waals surface area (Å²) in [7, 11) is -4.23. The summed E-state index contributed by atoms with van der Waals surface area (Å²) in [6, 6.07) is 7.15. The van der Waals surface area contributed by atoms with Gasteiger partial charge >= 0.3 is 6.18 Å². The van der Waals surface area contributed by atoms with E-state index in [2.05, 4.69) is 4.72 Å². The topological polar surface area (TPSA) is 89.5 Å². The van der Waals surface area contributed by atoms with Crippen molar-refractivity contribution in [2.75, 3.05) is 22.7 Å². The Morgan fingerprint density at radius 3 is 2.18 bits per heavy atom. The molecule has 6 nitrogen and oxygen atoms in total. The van der Waals surface area contributed by atoms with Crippen molar-refractivity contribution in [2.45, 2.75) is 23.9 Å². The predicted molar refractivity (Wildman–Crippen MR) is 94.5 cm³/mol. The second kappa shape index (κ2) is 7.34. The molecule has 10 heteroatoms. The summed E-state index contributed by atoms with van der Waals surface area (Å²) < 4.78 is 66.8. The van der Waals surface area contributed by atoms with Crippen LogP contribution in [0.5, 0.6) is 0 Å². The van der Waals surface area contributed by atoms with Crippen molar-refractivity contribution in [3.63, 3.8) is 0 Å². The molecular weight excluding hydrogens is 397 g/mol. The normalized spacial score (nSPS) is 14.9. The Labute approximate surface area is 159 Å². The van der Waals surface area contributed by atoms with Crippen LogP contribution in [-0.4, -0.2) is 27.5 Å². The SMILES string of the molecule is O=C([O-])c1ccc(S(=O)(=O)Nc2cc(C(F)(F)F)ccc2N2CCCC2)cc1. The summed E-state index contributed by atoms with van der Waals surface area (Å²) >= 11 is 0. The Kier molecular flexibility index (Phi) is 5.24. The molecule has 1 heterocycles. The van der Waals surface area contributed by atoms with E-state index in [4.69, 9.17) is 0 Å². The minimum Gasteiger partial charge on any atom is -0.545 e. The molecule has 150 valence electrons. The van der Waals surface area contributed by atoms with Gasteiger partial charge in [-0.3, -0.25) is 4.72 Å². The number of anilines is 2. The lowest BCUT2D eigenvalue weighted by Crippen LogP contribution is -2.23. The molecule has 0 bridgehead atoms. The third-order valence-corrected chi connectivity index (χ3v) is 5.80. The number of halogens is 3. The van der Waals surface area contributed by atoms with Crippen molar-refractivity contribution in [2.24, 2.45) is 0 Å². The third kappa shape index (κ3) is 4.22. The van der Waals surface area contributed by atoms with Crippen LogP contribution in [0, 0.1) is 0 Å². The van der Waals surface area contributed by atoms with Gasteiger partial charge in [0.2, 0.25) is 0 Å². The number of rotatable bonds is 5. The molecule has 1 aliphatic heterocycles. The molecule has 2 aromatic carbocycles. The molecule has 0 atom stereocenters. The molecule has 0 aliphatic carbocycles. The highest BCUT2D eigenvalue weighted by molar-refractivity contribution is 7.92. The summed E-state index contributed by atoms with van der Waals surface area (Å²) in [4.78, 5) is 12.3. The number of carboxylic acids is 1. The fourth-order valence-corrected chi connectivity index (χ4v) is 4.07. The number of carbonyl (C=O) groups is 1. The monoisotopic (exact) mass is 413 g/mol. The number of sulfonamides is 1. The number of nitrogens with one attached hydrogen (secondary N) is 1. The second-order valence-corrected chi connectivity index (χ2v) is 8.02. The van der Waals surface area contributed by atoms with Crippen molar-refractivity contribution < 1.29 is 31.5 Å². The number of carbonyl (C=O) groups excluding carboxylic acids is 1. The standard InChI is InChI=1S/C18H17F3N2O4S/c19-18(20,21)13-5-8-16(23-9-1-2-10-23)15(11-13)22-28(26,27)14-6-3-12(4-7-14)17(24)25/h3-8,11,22H,1-2,9-10H2,(H,24,25)/p-1. The van der Waals surface area contributed by atoms with E-state index in [0.717, 1.165) is 49.2 Å². The molecule has 0 amide bonds. The van der Waals surface area contributed by atoms with Crippen molar-refractivity contribution in [1.29, 1.82) is 0 Å². The summed E-state index contributed by atoms with van der Waals surface area (Å²) in [6.07, 6.45) is -2.91. The first-order chi connectivity index (χ1) is 13.1. The lowest BCUT2D eigenvalue weighted by Gasteiger charge is -2.23. The van der Waals surface area contributed by atoms with E-state index in [1.54, 1.807) is 0 Å². The van der Waals surface area contributed by atoms with Gasteiger partial charge in [-0.2, -0.15) is 13.2 Å². The van der Waals surface area contributed by atoms with E-state index < -0.39 is 27.7 Å². The molecular formula is C18H16F3N2O4S-. The molecule has 1 fully saturated rings. The van der Waals surface area contributed by atoms with Crippen molar-refractivity contribution in [3.8, 4) is 0 Å². The van der Waals surface area contributed by atoms with Crippen LogP contribution in [0.15, 0.2) is 47.4 Å². The summed E-state index contributed by atoms with van der Waals surface area (Å²) in [6.45, 7) is 1.22. The molecule has 0 aromatic heterocycles. The Balaban J connectivity index is 1.99. The fraction of sp³-hybridized carbons (Fsp3) is 0.278. The first-order valence-electron chi connectivity index (χ1n) is 8.38. The van der Waals surface area contributed by atoms with Crippen LogP contribution in [0.25, 0.3) is 0 Å². The quantitative estimate of drug-likeness (QED) is 0.814. The zero-order valence-corrected chi connectivity index (χ0v) is 15.3. The smallest absolute Gasteiger partial charge is 0.416 e. The highest BCUT2D eigenvalue weighted by Crippen LogP contribution is 2.37. The molecule has 2 aromatic rings. The van der Waals surface area contributed by atoms with Crippen LogP contribution in [-0.2, 0) is 16.2 Å². The zero-order valence-electron chi connectivity index (χ0n) is 14.5. The molecule has 28 heavy (non-hydrogen) atoms. The van der Waals surface area contributed by atoms with Crippen molar-refractivity contribution in [3.05, 3.63) is 53.6 Å². The largest absolute Gasteiger partial charge is 0.545 e. The predicted octanol–water partition coefficient (Wildman–Crippen LogP) is 2.47. The van der Waals surface area contributed by atoms with Gasteiger partial charge in [0.15, 0.2) is 0 Å². The lowest BCUT2D eigenvalue weighted by molar-refractivity contribution is -0.255. The first kappa shape index (κ1) is 20.0. The third-order valence-electron chi connectivity index (χ3n) is 4.42. The van der Waals surface area contributed by atoms with Gasteiger partial charge in [-0.05, 0) is 48.7 Å². The molecule has 3 rings (SSSR count). The van der Waals surface area contributed by atoms with E-state index in [1.807, 2.05) is 4.90 Å². The fourth-order valence-electron chi connectivity index (χ4n) is 3.00. The summed E-state index contributed by atoms with van der Waals surface area (Å²) in [5.74, 6) is -1.47. The number of aromatic carboxylic acids is 1. The average molecular weight is 413 g/mol. The van der Waals surface area contributed by atoms with Gasteiger partial charge in [0.1, 0.15) is 0 Å². The van der Waals surface area contributed by atoms with Crippen LogP contribution in [0.2, 0.25) is 0 Å². The van der Waals surface area contributed by atoms with Gasteiger partial charge in [0, 0.05) is 13.1 Å². The number of hydrogen-bond acceptors (Lipinski definition) is 5. The summed E-state index contributed by atoms with van der Waals surface area (Å²) in [5.41, 5.74) is -1.00. The van der Waals surface area contributed by atoms with E-state index in [1.165, 1.54) is 6.07 Å². The van der Waals surface area contributed by atoms with E-state index in [9.17, 15) is 31.5 Å². The number of hydrogen-bond donors (Lipinski definition) is 1. The van der Waals surface area contributed by atoms with E-state index >= 15 is 0 Å². The highest BCUT2D eigenvalue weighted by Gasteiger charge is 2.32. The Morgan fingerprint density at radius 1 is 1.04 bits per heavy atom. The second-order valence-electron chi connectivity index (χ2n) is 6.34. The average Bonchev–Trinajstić information content (AvgIpc) is 3.15. The lowest BCUT2D eigenvalue weighted by atomic mass is 10.1. The highest BCUT2D eigenvalue weighted by atomic mass is 32.2. The minimum atomic E-state index is -4.63. The van der Waals surface area contributed by atoms with Gasteiger partial charge in [-0.25, -0.2) is 8.42 Å². The molecule has 1 saturated heterocycles. The number of benzene rings is 2. The molecule has 0 unspecified atom stereocenters. The zero-order chi connectivity index (χ0) is 20.5. The van der Waals surface area contributed by atoms with Gasteiger partial charge in [-0.15, -0.1) is 0 Å². The van der Waals surface area contributed by atoms with Crippen LogP contribution >= 0.6 is 0 Å². The van der Waals surface area contributed by atoms with Crippen molar-refractivity contribution >= 4 is 27.4 Å². The molecule has 0 spiro atoms. The minimum absolute atomic E-state index is 0.180. The number of nitrogens with zero attached hydrogens (tertiary/aromatic N) is 1. The first-order valence-corrected chi connectivity index (χ1v) is 9.87. The van der Waals surface area contributed by atoms with E-state index in [0.29, 0.717) is 18.8 Å². The maximum absolute atomic E-state index is 13.1. The number of alkyl halides is 3. The molecule has 0 radical (unpaired) electrons. The maximum atomic E-state index is 13.1. The van der Waals surface area contributed by atoms with Gasteiger partial charge in [0.25, 0.3) is 10.0 Å². The summed E-state index contributed by atoms with van der Waals surface area (Å²) in [5, 5.41) is 10.8. The van der Waals surface area contributed by atoms with Gasteiger partial charge in [-0.1, -0.05) is 12.1 Å². The van der Waals surface area contributed by atoms with Crippen molar-refractivity contribution in [1.82, 2.24) is 0 Å². The van der Waals surface area contributed by atoms with Crippen LogP contribution < -0.4 is 14.7 Å². The van der Waals surface area contributed by atoms with Gasteiger partial charge < -0.3 is 14.8 Å². The van der Waals surface area contributed by atoms with Crippen LogP contribution in [0.1, 0.15) is 28.8 Å². The van der Waals surface area contributed by atoms with Gasteiger partial charge in [0.05, 0.1) is 27.8 Å². The molecule has 1 aliphatic rings. The van der Waals surface area contributed by atoms with Crippen LogP contribution in [0.3, 0.4) is 0 Å². The van der Waals surface area contributed by atoms with E-state index in [-0.39, 0.29) is 16.1 Å². The Morgan fingerprint density at radius 2 is 1.64 bits per heavy atom. The molecule has 0 saturated carbocycles. The number of carboxylic acid groups (broad SMARTS) is 1. The molecule has 1 N–H and O–H groups in total. The Hall–Kier alpha value is -2.75.